The lowest BCUT2D eigenvalue weighted by Gasteiger charge is -2.23. The first-order chi connectivity index (χ1) is 11.7. The summed E-state index contributed by atoms with van der Waals surface area (Å²) in [4.78, 5) is 19.2. The zero-order chi connectivity index (χ0) is 16.5. The van der Waals surface area contributed by atoms with E-state index in [4.69, 9.17) is 0 Å². The van der Waals surface area contributed by atoms with E-state index in [0.29, 0.717) is 17.7 Å². The third kappa shape index (κ3) is 3.01. The Hall–Kier alpha value is -2.36. The molecule has 2 aromatic rings. The van der Waals surface area contributed by atoms with E-state index in [0.717, 1.165) is 18.7 Å². The fourth-order valence-corrected chi connectivity index (χ4v) is 3.70. The van der Waals surface area contributed by atoms with Crippen LogP contribution < -0.4 is 10.2 Å². The van der Waals surface area contributed by atoms with Gasteiger partial charge in [-0.2, -0.15) is 0 Å². The van der Waals surface area contributed by atoms with Gasteiger partial charge in [0.25, 0.3) is 5.91 Å². The molecule has 2 heterocycles. The highest BCUT2D eigenvalue weighted by atomic mass is 16.2. The number of rotatable bonds is 4. The summed E-state index contributed by atoms with van der Waals surface area (Å²) in [5, 5.41) is 3.13. The van der Waals surface area contributed by atoms with Crippen molar-refractivity contribution in [2.24, 2.45) is 0 Å². The molecule has 0 unspecified atom stereocenters. The van der Waals surface area contributed by atoms with Crippen molar-refractivity contribution in [2.45, 2.75) is 44.2 Å². The number of benzene rings is 1. The average molecular weight is 321 g/mol. The molecule has 0 bridgehead atoms. The molecule has 24 heavy (non-hydrogen) atoms. The Bertz CT molecular complexity index is 731. The van der Waals surface area contributed by atoms with Crippen LogP contribution in [0.1, 0.15) is 48.2 Å². The maximum Gasteiger partial charge on any atom is 0.270 e. The minimum atomic E-state index is -0.0628. The van der Waals surface area contributed by atoms with E-state index in [1.165, 1.54) is 18.4 Å². The number of nitrogens with one attached hydrogen (secondary N) is 1. The number of aromatic nitrogens is 1. The van der Waals surface area contributed by atoms with Crippen LogP contribution in [-0.4, -0.2) is 29.5 Å². The third-order valence-electron chi connectivity index (χ3n) is 5.20. The minimum Gasteiger partial charge on any atom is -0.369 e. The summed E-state index contributed by atoms with van der Waals surface area (Å²) in [6.45, 7) is 3.30. The molecular formula is C20H23N3O. The van der Waals surface area contributed by atoms with Crippen LogP contribution in [0.2, 0.25) is 0 Å². The topological polar surface area (TPSA) is 45.2 Å². The van der Waals surface area contributed by atoms with Crippen molar-refractivity contribution < 1.29 is 4.79 Å². The van der Waals surface area contributed by atoms with E-state index < -0.39 is 0 Å². The molecule has 1 aromatic heterocycles. The SMILES string of the molecule is C[C@H]1CCCN1c1ccnc(C(=O)N[C@@H]2C[C@H]2c2ccccc2)c1. The van der Waals surface area contributed by atoms with Crippen molar-refractivity contribution in [3.8, 4) is 0 Å². The van der Waals surface area contributed by atoms with Crippen LogP contribution in [0.3, 0.4) is 0 Å². The fourth-order valence-electron chi connectivity index (χ4n) is 3.70. The summed E-state index contributed by atoms with van der Waals surface area (Å²) in [7, 11) is 0. The second kappa shape index (κ2) is 6.27. The molecule has 1 saturated heterocycles. The van der Waals surface area contributed by atoms with Gasteiger partial charge in [0.2, 0.25) is 0 Å². The molecule has 1 amide bonds. The molecule has 1 saturated carbocycles. The summed E-state index contributed by atoms with van der Waals surface area (Å²) in [6, 6.07) is 15.1. The number of hydrogen-bond donors (Lipinski definition) is 1. The normalized spacial score (nSPS) is 25.5. The molecule has 4 rings (SSSR count). The molecule has 124 valence electrons. The second-order valence-electron chi connectivity index (χ2n) is 6.92. The molecule has 0 spiro atoms. The average Bonchev–Trinajstić information content (AvgIpc) is 3.25. The number of hydrogen-bond acceptors (Lipinski definition) is 3. The highest BCUT2D eigenvalue weighted by Gasteiger charge is 2.39. The van der Waals surface area contributed by atoms with Crippen LogP contribution in [-0.2, 0) is 0 Å². The van der Waals surface area contributed by atoms with Crippen molar-refractivity contribution in [3.63, 3.8) is 0 Å². The first-order valence-electron chi connectivity index (χ1n) is 8.81. The second-order valence-corrected chi connectivity index (χ2v) is 6.92. The lowest BCUT2D eigenvalue weighted by molar-refractivity contribution is 0.0945. The van der Waals surface area contributed by atoms with E-state index in [1.807, 2.05) is 18.2 Å². The Labute approximate surface area is 142 Å². The van der Waals surface area contributed by atoms with Gasteiger partial charge in [-0.3, -0.25) is 9.78 Å². The van der Waals surface area contributed by atoms with Crippen LogP contribution >= 0.6 is 0 Å². The van der Waals surface area contributed by atoms with Crippen molar-refractivity contribution in [2.75, 3.05) is 11.4 Å². The smallest absolute Gasteiger partial charge is 0.270 e. The molecule has 1 aliphatic carbocycles. The third-order valence-corrected chi connectivity index (χ3v) is 5.20. The molecule has 1 N–H and O–H groups in total. The van der Waals surface area contributed by atoms with Crippen molar-refractivity contribution >= 4 is 11.6 Å². The highest BCUT2D eigenvalue weighted by Crippen LogP contribution is 2.40. The van der Waals surface area contributed by atoms with Gasteiger partial charge in [0.1, 0.15) is 5.69 Å². The van der Waals surface area contributed by atoms with Gasteiger partial charge in [0.05, 0.1) is 0 Å². The van der Waals surface area contributed by atoms with Crippen LogP contribution in [0.5, 0.6) is 0 Å². The van der Waals surface area contributed by atoms with Gasteiger partial charge in [-0.15, -0.1) is 0 Å². The Balaban J connectivity index is 1.42. The number of nitrogens with zero attached hydrogens (tertiary/aromatic N) is 2. The molecule has 4 heteroatoms. The first-order valence-corrected chi connectivity index (χ1v) is 8.81. The monoisotopic (exact) mass is 321 g/mol. The number of carbonyl (C=O) groups is 1. The molecule has 0 radical (unpaired) electrons. The Morgan fingerprint density at radius 3 is 2.83 bits per heavy atom. The maximum atomic E-state index is 12.5. The first kappa shape index (κ1) is 15.2. The van der Waals surface area contributed by atoms with E-state index >= 15 is 0 Å². The van der Waals surface area contributed by atoms with Gasteiger partial charge >= 0.3 is 0 Å². The highest BCUT2D eigenvalue weighted by molar-refractivity contribution is 5.93. The predicted octanol–water partition coefficient (Wildman–Crippen LogP) is 3.36. The largest absolute Gasteiger partial charge is 0.369 e. The lowest BCUT2D eigenvalue weighted by atomic mass is 10.1. The molecule has 3 atom stereocenters. The van der Waals surface area contributed by atoms with E-state index in [1.54, 1.807) is 6.20 Å². The number of pyridine rings is 1. The quantitative estimate of drug-likeness (QED) is 0.939. The van der Waals surface area contributed by atoms with Gasteiger partial charge in [-0.1, -0.05) is 30.3 Å². The Morgan fingerprint density at radius 1 is 1.25 bits per heavy atom. The Morgan fingerprint density at radius 2 is 2.08 bits per heavy atom. The van der Waals surface area contributed by atoms with Crippen LogP contribution in [0, 0.1) is 0 Å². The summed E-state index contributed by atoms with van der Waals surface area (Å²) < 4.78 is 0. The van der Waals surface area contributed by atoms with Gasteiger partial charge in [-0.25, -0.2) is 0 Å². The molecule has 4 nitrogen and oxygen atoms in total. The standard InChI is InChI=1S/C20H23N3O/c1-14-6-5-11-23(14)16-9-10-21-19(12-16)20(24)22-18-13-17(18)15-7-3-2-4-8-15/h2-4,7-10,12,14,17-18H,5-6,11,13H2,1H3,(H,22,24)/t14-,17-,18+/m0/s1. The summed E-state index contributed by atoms with van der Waals surface area (Å²) in [5.74, 6) is 0.379. The summed E-state index contributed by atoms with van der Waals surface area (Å²) in [6.07, 6.45) is 5.19. The fraction of sp³-hybridized carbons (Fsp3) is 0.400. The summed E-state index contributed by atoms with van der Waals surface area (Å²) in [5.41, 5.74) is 2.93. The molecule has 2 aliphatic rings. The molecule has 1 aromatic carbocycles. The van der Waals surface area contributed by atoms with E-state index in [9.17, 15) is 4.79 Å². The number of carbonyl (C=O) groups excluding carboxylic acids is 1. The minimum absolute atomic E-state index is 0.0628. The van der Waals surface area contributed by atoms with Crippen LogP contribution in [0.15, 0.2) is 48.7 Å². The molecular weight excluding hydrogens is 298 g/mol. The predicted molar refractivity (Wildman–Crippen MR) is 95.3 cm³/mol. The van der Waals surface area contributed by atoms with Gasteiger partial charge in [0.15, 0.2) is 0 Å². The van der Waals surface area contributed by atoms with Gasteiger partial charge in [-0.05, 0) is 43.9 Å². The van der Waals surface area contributed by atoms with Crippen molar-refractivity contribution in [3.05, 3.63) is 59.9 Å². The van der Waals surface area contributed by atoms with Crippen molar-refractivity contribution in [1.82, 2.24) is 10.3 Å². The molecule has 2 fully saturated rings. The zero-order valence-electron chi connectivity index (χ0n) is 14.0. The number of amides is 1. The maximum absolute atomic E-state index is 12.5. The van der Waals surface area contributed by atoms with E-state index in [-0.39, 0.29) is 11.9 Å². The number of anilines is 1. The summed E-state index contributed by atoms with van der Waals surface area (Å²) >= 11 is 0. The molecule has 1 aliphatic heterocycles. The Kier molecular flexibility index (Phi) is 3.97. The van der Waals surface area contributed by atoms with Gasteiger partial charge < -0.3 is 10.2 Å². The zero-order valence-corrected chi connectivity index (χ0v) is 14.0. The van der Waals surface area contributed by atoms with E-state index in [2.05, 4.69) is 46.4 Å². The van der Waals surface area contributed by atoms with Crippen LogP contribution in [0.25, 0.3) is 0 Å². The van der Waals surface area contributed by atoms with Gasteiger partial charge in [0, 0.05) is 36.4 Å². The van der Waals surface area contributed by atoms with Crippen LogP contribution in [0.4, 0.5) is 5.69 Å². The van der Waals surface area contributed by atoms with Crippen molar-refractivity contribution in [1.29, 1.82) is 0 Å². The lowest BCUT2D eigenvalue weighted by Crippen LogP contribution is -2.29.